The zero-order chi connectivity index (χ0) is 22.0. The maximum atomic E-state index is 13.8. The quantitative estimate of drug-likeness (QED) is 0.579. The van der Waals surface area contributed by atoms with Crippen molar-refractivity contribution in [2.24, 2.45) is 13.0 Å². The molecule has 0 unspecified atom stereocenters. The third-order valence-corrected chi connectivity index (χ3v) is 6.33. The van der Waals surface area contributed by atoms with Crippen molar-refractivity contribution in [2.75, 3.05) is 6.54 Å². The lowest BCUT2D eigenvalue weighted by Crippen LogP contribution is -2.48. The molecule has 162 valence electrons. The number of rotatable bonds is 5. The molecule has 3 heterocycles. The number of halogens is 1. The van der Waals surface area contributed by atoms with Crippen LogP contribution >= 0.6 is 11.6 Å². The second-order valence-corrected chi connectivity index (χ2v) is 8.93. The van der Waals surface area contributed by atoms with Crippen molar-refractivity contribution in [1.29, 1.82) is 0 Å². The first-order valence-electron chi connectivity index (χ1n) is 10.8. The summed E-state index contributed by atoms with van der Waals surface area (Å²) < 4.78 is 1.77. The van der Waals surface area contributed by atoms with Crippen LogP contribution in [0, 0.1) is 12.8 Å². The second kappa shape index (κ2) is 9.18. The van der Waals surface area contributed by atoms with Crippen molar-refractivity contribution >= 4 is 17.5 Å². The molecule has 0 radical (unpaired) electrons. The third kappa shape index (κ3) is 4.79. The van der Waals surface area contributed by atoms with Crippen LogP contribution in [0.5, 0.6) is 0 Å². The fourth-order valence-corrected chi connectivity index (χ4v) is 4.59. The number of aromatic nitrogens is 4. The maximum Gasteiger partial charge on any atom is 0.254 e. The summed E-state index contributed by atoms with van der Waals surface area (Å²) >= 11 is 5.91. The summed E-state index contributed by atoms with van der Waals surface area (Å²) in [6, 6.07) is 6.24. The Balaban J connectivity index is 1.61. The molecule has 31 heavy (non-hydrogen) atoms. The van der Waals surface area contributed by atoms with Crippen LogP contribution in [0.1, 0.15) is 47.9 Å². The normalized spacial score (nSPS) is 18.9. The van der Waals surface area contributed by atoms with E-state index >= 15 is 0 Å². The smallest absolute Gasteiger partial charge is 0.254 e. The highest BCUT2D eigenvalue weighted by Crippen LogP contribution is 2.31. The summed E-state index contributed by atoms with van der Waals surface area (Å²) in [5.41, 5.74) is 3.71. The predicted molar refractivity (Wildman–Crippen MR) is 122 cm³/mol. The van der Waals surface area contributed by atoms with Gasteiger partial charge in [-0.1, -0.05) is 36.2 Å². The number of piperidine rings is 1. The van der Waals surface area contributed by atoms with Gasteiger partial charge >= 0.3 is 0 Å². The van der Waals surface area contributed by atoms with Crippen molar-refractivity contribution in [1.82, 2.24) is 24.6 Å². The molecule has 1 aliphatic heterocycles. The van der Waals surface area contributed by atoms with Crippen LogP contribution < -0.4 is 0 Å². The zero-order valence-electron chi connectivity index (χ0n) is 18.3. The highest BCUT2D eigenvalue weighted by Gasteiger charge is 2.33. The highest BCUT2D eigenvalue weighted by atomic mass is 35.5. The Morgan fingerprint density at radius 1 is 1.23 bits per heavy atom. The minimum Gasteiger partial charge on any atom is -0.335 e. The van der Waals surface area contributed by atoms with E-state index in [0.717, 1.165) is 60.3 Å². The Labute approximate surface area is 188 Å². The van der Waals surface area contributed by atoms with E-state index in [9.17, 15) is 4.79 Å². The average Bonchev–Trinajstić information content (AvgIpc) is 3.19. The summed E-state index contributed by atoms with van der Waals surface area (Å²) in [5.74, 6) is 1.29. The van der Waals surface area contributed by atoms with Gasteiger partial charge in [0, 0.05) is 55.8 Å². The monoisotopic (exact) mass is 437 g/mol. The summed E-state index contributed by atoms with van der Waals surface area (Å²) in [4.78, 5) is 24.5. The molecule has 0 saturated carbocycles. The molecule has 2 atom stereocenters. The summed E-state index contributed by atoms with van der Waals surface area (Å²) in [5, 5.41) is 4.83. The summed E-state index contributed by atoms with van der Waals surface area (Å²) in [7, 11) is 1.89. The molecule has 1 fully saturated rings. The van der Waals surface area contributed by atoms with Crippen LogP contribution in [0.4, 0.5) is 0 Å². The third-order valence-electron chi connectivity index (χ3n) is 6.14. The molecule has 1 aliphatic rings. The van der Waals surface area contributed by atoms with E-state index in [1.54, 1.807) is 17.1 Å². The topological polar surface area (TPSA) is 63.9 Å². The first-order valence-corrected chi connectivity index (χ1v) is 11.2. The van der Waals surface area contributed by atoms with Gasteiger partial charge in [-0.05, 0) is 43.7 Å². The molecule has 1 amide bonds. The highest BCUT2D eigenvalue weighted by molar-refractivity contribution is 6.30. The van der Waals surface area contributed by atoms with Gasteiger partial charge in [-0.2, -0.15) is 5.10 Å². The van der Waals surface area contributed by atoms with E-state index in [0.29, 0.717) is 10.9 Å². The zero-order valence-corrected chi connectivity index (χ0v) is 19.0. The van der Waals surface area contributed by atoms with E-state index < -0.39 is 0 Å². The number of hydrogen-bond donors (Lipinski definition) is 0. The molecular formula is C24H28ClN5O. The fraction of sp³-hybridized carbons (Fsp3) is 0.417. The number of benzene rings is 1. The molecule has 4 rings (SSSR count). The van der Waals surface area contributed by atoms with Gasteiger partial charge in [0.05, 0.1) is 11.2 Å². The van der Waals surface area contributed by atoms with Crippen LogP contribution in [-0.2, 0) is 13.5 Å². The van der Waals surface area contributed by atoms with E-state index in [4.69, 9.17) is 11.6 Å². The Bertz CT molecular complexity index is 1060. The van der Waals surface area contributed by atoms with Crippen molar-refractivity contribution in [3.8, 4) is 11.1 Å². The minimum absolute atomic E-state index is 0.0936. The van der Waals surface area contributed by atoms with Gasteiger partial charge in [-0.15, -0.1) is 0 Å². The van der Waals surface area contributed by atoms with Crippen molar-refractivity contribution in [3.05, 3.63) is 65.0 Å². The van der Waals surface area contributed by atoms with E-state index in [1.165, 1.54) is 0 Å². The fourth-order valence-electron chi connectivity index (χ4n) is 4.49. The molecule has 7 heteroatoms. The lowest BCUT2D eigenvalue weighted by atomic mass is 9.86. The molecule has 1 saturated heterocycles. The lowest BCUT2D eigenvalue weighted by molar-refractivity contribution is 0.0499. The second-order valence-electron chi connectivity index (χ2n) is 8.49. The number of carbonyl (C=O) groups is 1. The van der Waals surface area contributed by atoms with E-state index in [1.807, 2.05) is 44.6 Å². The van der Waals surface area contributed by atoms with Gasteiger partial charge in [0.15, 0.2) is 0 Å². The molecule has 2 aromatic heterocycles. The number of nitrogens with zero attached hydrogens (tertiary/aromatic N) is 5. The van der Waals surface area contributed by atoms with E-state index in [-0.39, 0.29) is 11.9 Å². The Kier molecular flexibility index (Phi) is 6.37. The van der Waals surface area contributed by atoms with Crippen LogP contribution in [-0.4, -0.2) is 43.1 Å². The van der Waals surface area contributed by atoms with Crippen molar-refractivity contribution < 1.29 is 4.79 Å². The Morgan fingerprint density at radius 2 is 2.00 bits per heavy atom. The first kappa shape index (κ1) is 21.5. The molecule has 3 aromatic rings. The predicted octanol–water partition coefficient (Wildman–Crippen LogP) is 4.71. The van der Waals surface area contributed by atoms with Gasteiger partial charge < -0.3 is 4.90 Å². The van der Waals surface area contributed by atoms with Gasteiger partial charge in [0.1, 0.15) is 5.82 Å². The number of aryl methyl sites for hydroxylation is 3. The number of carbonyl (C=O) groups excluding carboxylic acids is 1. The van der Waals surface area contributed by atoms with Gasteiger partial charge in [0.2, 0.25) is 0 Å². The molecule has 0 spiro atoms. The SMILES string of the molecule is Cc1ccc(-c2cnn(C)c2)c(C(=O)N2CCC[C@@H](C)[C@H]2CCc2ncc(Cl)cn2)c1. The number of likely N-dealkylation sites (tertiary alicyclic amines) is 1. The maximum absolute atomic E-state index is 13.8. The Hall–Kier alpha value is -2.73. The standard InChI is InChI=1S/C24H28ClN5O/c1-16-6-7-20(18-12-28-29(3)15-18)21(11-16)24(31)30-10-4-5-17(2)22(30)8-9-23-26-13-19(25)14-27-23/h6-7,11-15,17,22H,4-5,8-10H2,1-3H3/t17-,22-/m1/s1. The largest absolute Gasteiger partial charge is 0.335 e. The average molecular weight is 438 g/mol. The van der Waals surface area contributed by atoms with E-state index in [2.05, 4.69) is 26.9 Å². The van der Waals surface area contributed by atoms with Crippen molar-refractivity contribution in [2.45, 2.75) is 45.6 Å². The summed E-state index contributed by atoms with van der Waals surface area (Å²) in [6.07, 6.45) is 10.7. The van der Waals surface area contributed by atoms with Gasteiger partial charge in [-0.25, -0.2) is 9.97 Å². The van der Waals surface area contributed by atoms with Crippen LogP contribution in [0.2, 0.25) is 5.02 Å². The summed E-state index contributed by atoms with van der Waals surface area (Å²) in [6.45, 7) is 5.04. The van der Waals surface area contributed by atoms with Gasteiger partial charge in [0.25, 0.3) is 5.91 Å². The van der Waals surface area contributed by atoms with Crippen LogP contribution in [0.3, 0.4) is 0 Å². The lowest BCUT2D eigenvalue weighted by Gasteiger charge is -2.40. The molecule has 0 N–H and O–H groups in total. The van der Waals surface area contributed by atoms with Gasteiger partial charge in [-0.3, -0.25) is 9.48 Å². The first-order chi connectivity index (χ1) is 14.9. The number of amides is 1. The van der Waals surface area contributed by atoms with Crippen LogP contribution in [0.15, 0.2) is 43.0 Å². The Morgan fingerprint density at radius 3 is 2.71 bits per heavy atom. The molecule has 0 bridgehead atoms. The molecule has 0 aliphatic carbocycles. The molecule has 1 aromatic carbocycles. The number of hydrogen-bond acceptors (Lipinski definition) is 4. The molecule has 6 nitrogen and oxygen atoms in total. The van der Waals surface area contributed by atoms with Crippen molar-refractivity contribution in [3.63, 3.8) is 0 Å². The molecular weight excluding hydrogens is 410 g/mol. The minimum atomic E-state index is 0.0936. The van der Waals surface area contributed by atoms with Crippen LogP contribution in [0.25, 0.3) is 11.1 Å².